The molecule has 0 saturated heterocycles. The second-order valence-electron chi connectivity index (χ2n) is 0.992. The number of hydrogen-bond donors (Lipinski definition) is 1. The van der Waals surface area contributed by atoms with Gasteiger partial charge in [0.05, 0.1) is 0 Å². The molecule has 0 unspecified atom stereocenters. The van der Waals surface area contributed by atoms with E-state index in [1.54, 1.807) is 0 Å². The molecule has 0 bridgehead atoms. The molecule has 2 radical (unpaired) electrons. The Morgan fingerprint density at radius 3 is 2.67 bits per heavy atom. The van der Waals surface area contributed by atoms with Crippen molar-refractivity contribution in [3.63, 3.8) is 0 Å². The van der Waals surface area contributed by atoms with E-state index in [9.17, 15) is 0 Å². The van der Waals surface area contributed by atoms with Crippen LogP contribution in [0.3, 0.4) is 0 Å². The normalized spacial score (nSPS) is 8.83. The number of rotatable bonds is 0. The first-order valence-electron chi connectivity index (χ1n) is 1.63. The van der Waals surface area contributed by atoms with Crippen molar-refractivity contribution < 1.29 is 2.51 Å². The minimum absolute atomic E-state index is 1.26. The van der Waals surface area contributed by atoms with Gasteiger partial charge in [0.15, 0.2) is 0 Å². The van der Waals surface area contributed by atoms with E-state index in [0.29, 0.717) is 0 Å². The van der Waals surface area contributed by atoms with Crippen LogP contribution in [0.1, 0.15) is 0 Å². The van der Waals surface area contributed by atoms with Crippen molar-refractivity contribution in [3.8, 4) is 0 Å². The monoisotopic (exact) mass is 277 g/mol. The zero-order valence-electron chi connectivity index (χ0n) is 3.13. The van der Waals surface area contributed by atoms with E-state index in [0.717, 1.165) is 0 Å². The maximum atomic E-state index is 2.92. The third-order valence-corrected chi connectivity index (χ3v) is 1.50. The van der Waals surface area contributed by atoms with Crippen LogP contribution in [0, 0.1) is 0 Å². The molecule has 0 fully saturated rings. The molecule has 2 nitrogen and oxygen atoms in total. The predicted molar refractivity (Wildman–Crippen MR) is 22.1 cm³/mol. The molecule has 0 aliphatic rings. The summed E-state index contributed by atoms with van der Waals surface area (Å²) in [7, 11) is 0. The Morgan fingerprint density at radius 1 is 1.67 bits per heavy atom. The molecule has 1 N–H and O–H groups in total. The first-order chi connectivity index (χ1) is 2.89. The van der Waals surface area contributed by atoms with Gasteiger partial charge in [0.2, 0.25) is 0 Å². The molecule has 0 amide bonds. The second-order valence-corrected chi connectivity index (χ2v) is 2.79. The molecule has 1 heterocycles. The van der Waals surface area contributed by atoms with E-state index in [-0.39, 0.29) is 0 Å². The van der Waals surface area contributed by atoms with Gasteiger partial charge >= 0.3 is 51.2 Å². The average molecular weight is 277 g/mol. The minimum atomic E-state index is 1.26. The molecule has 1 rings (SSSR count). The Morgan fingerprint density at radius 2 is 2.50 bits per heavy atom. The summed E-state index contributed by atoms with van der Waals surface area (Å²) in [6.45, 7) is 0. The number of H-pyrrole nitrogens is 1. The Labute approximate surface area is 51.4 Å². The summed E-state index contributed by atoms with van der Waals surface area (Å²) in [5, 5.41) is 0. The van der Waals surface area contributed by atoms with E-state index < -0.39 is 0 Å². The molecule has 0 atom stereocenters. The molecular formula is C3H4BiN2+. The zero-order chi connectivity index (χ0) is 4.41. The summed E-state index contributed by atoms with van der Waals surface area (Å²) in [6, 6.07) is 0. The van der Waals surface area contributed by atoms with Gasteiger partial charge in [0.1, 0.15) is 0 Å². The van der Waals surface area contributed by atoms with Crippen molar-refractivity contribution in [1.82, 2.24) is 4.98 Å². The third kappa shape index (κ3) is 0.778. The van der Waals surface area contributed by atoms with Gasteiger partial charge < -0.3 is 0 Å². The molecular weight excluding hydrogens is 273 g/mol. The van der Waals surface area contributed by atoms with Crippen LogP contribution in [0.5, 0.6) is 0 Å². The molecule has 1 aromatic heterocycles. The molecule has 0 aliphatic carbocycles. The fourth-order valence-electron chi connectivity index (χ4n) is 0.282. The van der Waals surface area contributed by atoms with E-state index in [4.69, 9.17) is 0 Å². The maximum absolute atomic E-state index is 2.92. The number of aromatic amines is 1. The van der Waals surface area contributed by atoms with Crippen LogP contribution >= 0.6 is 0 Å². The zero-order valence-corrected chi connectivity index (χ0v) is 6.60. The van der Waals surface area contributed by atoms with E-state index >= 15 is 0 Å². The average Bonchev–Trinajstić information content (AvgIpc) is 1.86. The van der Waals surface area contributed by atoms with Gasteiger partial charge in [0.25, 0.3) is 0 Å². The van der Waals surface area contributed by atoms with Crippen LogP contribution in [-0.2, 0) is 0 Å². The molecule has 30 valence electrons. The SMILES string of the molecule is [Bi][n+]1cc[nH]c1. The van der Waals surface area contributed by atoms with Crippen LogP contribution in [0.25, 0.3) is 0 Å². The summed E-state index contributed by atoms with van der Waals surface area (Å²) in [6.07, 6.45) is 5.82. The Kier molecular flexibility index (Phi) is 1.20. The standard InChI is InChI=1S/C3H4N2.Bi/c1-2-5-3-4-1;/h1-3H,(H,4,5);/q;+1. The van der Waals surface area contributed by atoms with Crippen molar-refractivity contribution in [2.75, 3.05) is 0 Å². The molecule has 0 saturated carbocycles. The van der Waals surface area contributed by atoms with Gasteiger partial charge in [-0.3, -0.25) is 0 Å². The van der Waals surface area contributed by atoms with Crippen molar-refractivity contribution >= 4 is 25.0 Å². The van der Waals surface area contributed by atoms with Gasteiger partial charge in [-0.25, -0.2) is 0 Å². The Hall–Kier alpha value is 0.0931. The van der Waals surface area contributed by atoms with Crippen molar-refractivity contribution in [3.05, 3.63) is 18.7 Å². The quantitative estimate of drug-likeness (QED) is 0.601. The van der Waals surface area contributed by atoms with Gasteiger partial charge in [0, 0.05) is 0 Å². The van der Waals surface area contributed by atoms with Crippen molar-refractivity contribution in [1.29, 1.82) is 0 Å². The van der Waals surface area contributed by atoms with Crippen LogP contribution in [0.15, 0.2) is 18.7 Å². The van der Waals surface area contributed by atoms with Crippen LogP contribution in [0.4, 0.5) is 0 Å². The summed E-state index contributed by atoms with van der Waals surface area (Å²) >= 11 is 1.26. The number of imidazole rings is 1. The number of aromatic nitrogens is 2. The van der Waals surface area contributed by atoms with Crippen molar-refractivity contribution in [2.45, 2.75) is 0 Å². The Bertz CT molecular complexity index is 112. The Balaban J connectivity index is 3.05. The second kappa shape index (κ2) is 1.70. The molecule has 0 aromatic carbocycles. The van der Waals surface area contributed by atoms with Gasteiger partial charge in [-0.1, -0.05) is 0 Å². The first kappa shape index (κ1) is 4.26. The molecule has 6 heavy (non-hydrogen) atoms. The van der Waals surface area contributed by atoms with E-state index in [2.05, 4.69) is 7.49 Å². The van der Waals surface area contributed by atoms with Gasteiger partial charge in [-0.2, -0.15) is 0 Å². The number of nitrogens with one attached hydrogen (secondary N) is 1. The fraction of sp³-hybridized carbons (Fsp3) is 0. The first-order valence-corrected chi connectivity index (χ1v) is 3.18. The summed E-state index contributed by atoms with van der Waals surface area (Å²) in [4.78, 5) is 2.92. The van der Waals surface area contributed by atoms with Gasteiger partial charge in [-0.05, 0) is 0 Å². The van der Waals surface area contributed by atoms with Crippen LogP contribution in [0.2, 0.25) is 0 Å². The number of nitrogens with zero attached hydrogens (tertiary/aromatic N) is 1. The van der Waals surface area contributed by atoms with Crippen LogP contribution in [-0.4, -0.2) is 30.0 Å². The van der Waals surface area contributed by atoms with E-state index in [1.807, 2.05) is 18.7 Å². The van der Waals surface area contributed by atoms with Crippen LogP contribution < -0.4 is 2.51 Å². The molecule has 3 heteroatoms. The summed E-state index contributed by atoms with van der Waals surface area (Å²) in [5.74, 6) is 0. The van der Waals surface area contributed by atoms with Crippen molar-refractivity contribution in [2.24, 2.45) is 0 Å². The topological polar surface area (TPSA) is 19.7 Å². The summed E-state index contributed by atoms with van der Waals surface area (Å²) in [5.41, 5.74) is 0. The fourth-order valence-corrected chi connectivity index (χ4v) is 0.800. The van der Waals surface area contributed by atoms with Gasteiger partial charge in [-0.15, -0.1) is 0 Å². The predicted octanol–water partition coefficient (Wildman–Crippen LogP) is -0.766. The number of hydrogen-bond acceptors (Lipinski definition) is 0. The summed E-state index contributed by atoms with van der Waals surface area (Å²) < 4.78 is 2.06. The van der Waals surface area contributed by atoms with E-state index in [1.165, 1.54) is 25.0 Å². The molecule has 0 spiro atoms. The molecule has 0 aliphatic heterocycles. The third-order valence-electron chi connectivity index (χ3n) is 0.530. The molecule has 1 aromatic rings.